The van der Waals surface area contributed by atoms with Crippen LogP contribution >= 0.6 is 0 Å². The van der Waals surface area contributed by atoms with Crippen molar-refractivity contribution < 1.29 is 9.53 Å². The van der Waals surface area contributed by atoms with E-state index in [9.17, 15) is 4.79 Å². The van der Waals surface area contributed by atoms with Crippen LogP contribution in [0.3, 0.4) is 0 Å². The third kappa shape index (κ3) is 1.25. The standard InChI is InChI=1S/C15H22O2/c1-2-17-14(16)13-8-15(13)11-4-9-3-10(6-11)7-12(15)5-9/h9-13H,2-8H2,1H3. The molecule has 0 saturated heterocycles. The van der Waals surface area contributed by atoms with Gasteiger partial charge in [-0.05, 0) is 74.5 Å². The highest BCUT2D eigenvalue weighted by atomic mass is 16.5. The first-order chi connectivity index (χ1) is 8.24. The van der Waals surface area contributed by atoms with Crippen molar-refractivity contribution >= 4 is 5.97 Å². The van der Waals surface area contributed by atoms with Gasteiger partial charge in [-0.15, -0.1) is 0 Å². The maximum atomic E-state index is 12.0. The van der Waals surface area contributed by atoms with Crippen molar-refractivity contribution in [2.45, 2.75) is 45.4 Å². The summed E-state index contributed by atoms with van der Waals surface area (Å²) in [4.78, 5) is 12.0. The summed E-state index contributed by atoms with van der Waals surface area (Å²) < 4.78 is 5.26. The highest BCUT2D eigenvalue weighted by Crippen LogP contribution is 2.75. The molecule has 17 heavy (non-hydrogen) atoms. The number of carbonyl (C=O) groups is 1. The number of carbonyl (C=O) groups excluding carboxylic acids is 1. The van der Waals surface area contributed by atoms with Crippen molar-refractivity contribution in [2.75, 3.05) is 6.61 Å². The van der Waals surface area contributed by atoms with Gasteiger partial charge < -0.3 is 4.74 Å². The first-order valence-electron chi connectivity index (χ1n) is 7.40. The Morgan fingerprint density at radius 3 is 2.24 bits per heavy atom. The molecule has 1 spiro atoms. The second-order valence-corrected chi connectivity index (χ2v) is 6.93. The molecule has 1 unspecified atom stereocenters. The molecule has 5 aliphatic carbocycles. The predicted molar refractivity (Wildman–Crippen MR) is 64.2 cm³/mol. The molecule has 0 N–H and O–H groups in total. The molecule has 1 atom stereocenters. The first-order valence-corrected chi connectivity index (χ1v) is 7.40. The van der Waals surface area contributed by atoms with Crippen LogP contribution < -0.4 is 0 Å². The number of esters is 1. The fourth-order valence-electron chi connectivity index (χ4n) is 5.80. The summed E-state index contributed by atoms with van der Waals surface area (Å²) in [5.41, 5.74) is 0.416. The Bertz CT molecular complexity index is 332. The minimum atomic E-state index is 0.111. The van der Waals surface area contributed by atoms with Gasteiger partial charge in [0.2, 0.25) is 0 Å². The third-order valence-corrected chi connectivity index (χ3v) is 6.28. The van der Waals surface area contributed by atoms with Gasteiger partial charge in [0.1, 0.15) is 0 Å². The van der Waals surface area contributed by atoms with Crippen LogP contribution in [0.4, 0.5) is 0 Å². The topological polar surface area (TPSA) is 26.3 Å². The van der Waals surface area contributed by atoms with Gasteiger partial charge in [-0.1, -0.05) is 0 Å². The summed E-state index contributed by atoms with van der Waals surface area (Å²) in [5, 5.41) is 0. The van der Waals surface area contributed by atoms with Crippen LogP contribution in [0, 0.1) is 35.0 Å². The lowest BCUT2D eigenvalue weighted by molar-refractivity contribution is -0.149. The highest BCUT2D eigenvalue weighted by Gasteiger charge is 2.71. The predicted octanol–water partition coefficient (Wildman–Crippen LogP) is 3.01. The number of rotatable bonds is 2. The number of hydrogen-bond donors (Lipinski definition) is 0. The Labute approximate surface area is 103 Å². The minimum absolute atomic E-state index is 0.111. The Morgan fingerprint density at radius 1 is 1.12 bits per heavy atom. The molecule has 0 aromatic rings. The molecular weight excluding hydrogens is 212 g/mol. The summed E-state index contributed by atoms with van der Waals surface area (Å²) in [6, 6.07) is 0. The Kier molecular flexibility index (Phi) is 2.00. The zero-order valence-corrected chi connectivity index (χ0v) is 10.7. The molecule has 5 aliphatic rings. The second-order valence-electron chi connectivity index (χ2n) is 6.93. The lowest BCUT2D eigenvalue weighted by Gasteiger charge is -2.55. The molecule has 0 amide bonds. The van der Waals surface area contributed by atoms with Crippen molar-refractivity contribution in [3.63, 3.8) is 0 Å². The lowest BCUT2D eigenvalue weighted by Crippen LogP contribution is -2.47. The van der Waals surface area contributed by atoms with Gasteiger partial charge in [-0.2, -0.15) is 0 Å². The monoisotopic (exact) mass is 234 g/mol. The van der Waals surface area contributed by atoms with Gasteiger partial charge in [0.15, 0.2) is 0 Å². The van der Waals surface area contributed by atoms with Crippen molar-refractivity contribution in [2.24, 2.45) is 35.0 Å². The molecule has 0 radical (unpaired) electrons. The van der Waals surface area contributed by atoms with Gasteiger partial charge in [-0.3, -0.25) is 4.79 Å². The Balaban J connectivity index is 1.58. The first kappa shape index (κ1) is 10.4. The molecule has 5 saturated carbocycles. The lowest BCUT2D eigenvalue weighted by atomic mass is 9.49. The molecule has 0 aromatic heterocycles. The van der Waals surface area contributed by atoms with E-state index in [2.05, 4.69) is 0 Å². The Morgan fingerprint density at radius 2 is 1.71 bits per heavy atom. The van der Waals surface area contributed by atoms with E-state index in [0.29, 0.717) is 12.0 Å². The molecule has 0 heterocycles. The Hall–Kier alpha value is -0.530. The van der Waals surface area contributed by atoms with E-state index >= 15 is 0 Å². The van der Waals surface area contributed by atoms with E-state index in [0.717, 1.165) is 30.1 Å². The normalized spacial score (nSPS) is 54.1. The second kappa shape index (κ2) is 3.27. The third-order valence-electron chi connectivity index (χ3n) is 6.28. The smallest absolute Gasteiger partial charge is 0.309 e. The van der Waals surface area contributed by atoms with Gasteiger partial charge in [0, 0.05) is 0 Å². The summed E-state index contributed by atoms with van der Waals surface area (Å²) in [6.45, 7) is 2.47. The molecule has 5 rings (SSSR count). The zero-order valence-electron chi connectivity index (χ0n) is 10.7. The van der Waals surface area contributed by atoms with Gasteiger partial charge >= 0.3 is 5.97 Å². The molecular formula is C15H22O2. The van der Waals surface area contributed by atoms with Crippen LogP contribution in [0.15, 0.2) is 0 Å². The highest BCUT2D eigenvalue weighted by molar-refractivity contribution is 5.77. The van der Waals surface area contributed by atoms with Crippen LogP contribution in [0.2, 0.25) is 0 Å². The summed E-state index contributed by atoms with van der Waals surface area (Å²) in [6.07, 6.45) is 8.32. The van der Waals surface area contributed by atoms with Crippen LogP contribution in [-0.2, 0) is 9.53 Å². The van der Waals surface area contributed by atoms with Crippen molar-refractivity contribution in [3.8, 4) is 0 Å². The molecule has 0 aliphatic heterocycles. The van der Waals surface area contributed by atoms with E-state index < -0.39 is 0 Å². The van der Waals surface area contributed by atoms with Gasteiger partial charge in [0.05, 0.1) is 12.5 Å². The van der Waals surface area contributed by atoms with E-state index in [4.69, 9.17) is 4.74 Å². The SMILES string of the molecule is CCOC(=O)C1CC12C1CC3CC(C1)CC2C3. The van der Waals surface area contributed by atoms with Crippen LogP contribution in [-0.4, -0.2) is 12.6 Å². The zero-order chi connectivity index (χ0) is 11.6. The fraction of sp³-hybridized carbons (Fsp3) is 0.933. The van der Waals surface area contributed by atoms with E-state index in [1.54, 1.807) is 0 Å². The van der Waals surface area contributed by atoms with E-state index in [1.807, 2.05) is 6.92 Å². The van der Waals surface area contributed by atoms with Crippen molar-refractivity contribution in [1.82, 2.24) is 0 Å². The van der Waals surface area contributed by atoms with Gasteiger partial charge in [0.25, 0.3) is 0 Å². The summed E-state index contributed by atoms with van der Waals surface area (Å²) in [7, 11) is 0. The number of ether oxygens (including phenoxy) is 1. The van der Waals surface area contributed by atoms with E-state index in [1.165, 1.54) is 32.1 Å². The molecule has 5 fully saturated rings. The minimum Gasteiger partial charge on any atom is -0.466 e. The molecule has 4 bridgehead atoms. The molecule has 94 valence electrons. The van der Waals surface area contributed by atoms with Crippen LogP contribution in [0.1, 0.15) is 45.4 Å². The fourth-order valence-corrected chi connectivity index (χ4v) is 5.80. The maximum Gasteiger partial charge on any atom is 0.309 e. The van der Waals surface area contributed by atoms with E-state index in [-0.39, 0.29) is 11.9 Å². The molecule has 2 nitrogen and oxygen atoms in total. The molecule has 2 heteroatoms. The molecule has 0 aromatic carbocycles. The van der Waals surface area contributed by atoms with Crippen molar-refractivity contribution in [3.05, 3.63) is 0 Å². The average molecular weight is 234 g/mol. The maximum absolute atomic E-state index is 12.0. The quantitative estimate of drug-likeness (QED) is 0.686. The van der Waals surface area contributed by atoms with Gasteiger partial charge in [-0.25, -0.2) is 0 Å². The van der Waals surface area contributed by atoms with Crippen molar-refractivity contribution in [1.29, 1.82) is 0 Å². The largest absolute Gasteiger partial charge is 0.466 e. The van der Waals surface area contributed by atoms with Crippen LogP contribution in [0.5, 0.6) is 0 Å². The summed E-state index contributed by atoms with van der Waals surface area (Å²) >= 11 is 0. The van der Waals surface area contributed by atoms with Crippen LogP contribution in [0.25, 0.3) is 0 Å². The number of hydrogen-bond acceptors (Lipinski definition) is 2. The average Bonchev–Trinajstić information content (AvgIpc) is 3.02. The summed E-state index contributed by atoms with van der Waals surface area (Å²) in [5.74, 6) is 4.14.